The van der Waals surface area contributed by atoms with Crippen molar-refractivity contribution in [2.24, 2.45) is 5.73 Å². The number of benzene rings is 1. The van der Waals surface area contributed by atoms with E-state index in [-0.39, 0.29) is 18.4 Å². The average molecular weight is 282 g/mol. The minimum absolute atomic E-state index is 0.280. The van der Waals surface area contributed by atoms with Crippen molar-refractivity contribution in [1.29, 1.82) is 0 Å². The molecule has 0 saturated heterocycles. The van der Waals surface area contributed by atoms with E-state index in [0.29, 0.717) is 6.42 Å². The highest BCUT2D eigenvalue weighted by Gasteiger charge is 2.16. The number of nitrogens with one attached hydrogen (secondary N) is 1. The predicted molar refractivity (Wildman–Crippen MR) is 77.1 cm³/mol. The Kier molecular flexibility index (Phi) is 5.51. The van der Waals surface area contributed by atoms with Crippen LogP contribution in [0, 0.1) is 12.7 Å². The van der Waals surface area contributed by atoms with Gasteiger partial charge in [-0.1, -0.05) is 6.07 Å². The Hall–Kier alpha value is -1.62. The van der Waals surface area contributed by atoms with E-state index in [1.165, 1.54) is 12.1 Å². The van der Waals surface area contributed by atoms with E-state index in [0.717, 1.165) is 11.1 Å². The highest BCUT2D eigenvalue weighted by Crippen LogP contribution is 2.12. The summed E-state index contributed by atoms with van der Waals surface area (Å²) >= 11 is 0. The summed E-state index contributed by atoms with van der Waals surface area (Å²) in [6, 6.07) is 4.33. The lowest BCUT2D eigenvalue weighted by Crippen LogP contribution is -2.41. The topological polar surface area (TPSA) is 64.3 Å². The molecule has 0 spiro atoms. The zero-order valence-electron chi connectivity index (χ0n) is 12.5. The van der Waals surface area contributed by atoms with Gasteiger partial charge in [0.25, 0.3) is 0 Å². The molecule has 3 N–H and O–H groups in total. The van der Waals surface area contributed by atoms with Gasteiger partial charge in [-0.05, 0) is 57.4 Å². The number of rotatable bonds is 4. The average Bonchev–Trinajstić information content (AvgIpc) is 2.29. The largest absolute Gasteiger partial charge is 0.444 e. The number of alkyl carbamates (subject to hydrolysis) is 1. The Morgan fingerprint density at radius 3 is 2.70 bits per heavy atom. The molecule has 0 radical (unpaired) electrons. The van der Waals surface area contributed by atoms with E-state index in [1.54, 1.807) is 26.8 Å². The van der Waals surface area contributed by atoms with Crippen LogP contribution in [-0.4, -0.2) is 24.3 Å². The van der Waals surface area contributed by atoms with Gasteiger partial charge in [-0.2, -0.15) is 0 Å². The third-order valence-electron chi connectivity index (χ3n) is 2.70. The Morgan fingerprint density at radius 1 is 1.45 bits per heavy atom. The first-order valence-electron chi connectivity index (χ1n) is 6.65. The molecule has 20 heavy (non-hydrogen) atoms. The van der Waals surface area contributed by atoms with Crippen LogP contribution in [0.3, 0.4) is 0 Å². The third-order valence-corrected chi connectivity index (χ3v) is 2.70. The van der Waals surface area contributed by atoms with Crippen LogP contribution in [0.2, 0.25) is 0 Å². The summed E-state index contributed by atoms with van der Waals surface area (Å²) in [6.07, 6.45) is 0.00302. The van der Waals surface area contributed by atoms with Crippen molar-refractivity contribution in [1.82, 2.24) is 5.32 Å². The molecule has 0 bridgehead atoms. The molecule has 5 heteroatoms. The fraction of sp³-hybridized carbons (Fsp3) is 0.533. The molecule has 0 aliphatic rings. The molecule has 0 fully saturated rings. The zero-order chi connectivity index (χ0) is 15.3. The van der Waals surface area contributed by atoms with Crippen LogP contribution in [0.5, 0.6) is 0 Å². The maximum absolute atomic E-state index is 13.2. The van der Waals surface area contributed by atoms with Crippen LogP contribution in [0.15, 0.2) is 18.2 Å². The smallest absolute Gasteiger partial charge is 0.407 e. The Morgan fingerprint density at radius 2 is 2.10 bits per heavy atom. The number of halogens is 1. The van der Waals surface area contributed by atoms with E-state index in [1.807, 2.05) is 6.92 Å². The van der Waals surface area contributed by atoms with Crippen molar-refractivity contribution >= 4 is 6.09 Å². The molecule has 0 aromatic heterocycles. The van der Waals surface area contributed by atoms with Crippen molar-refractivity contribution in [3.8, 4) is 0 Å². The number of amides is 1. The van der Waals surface area contributed by atoms with Crippen LogP contribution in [0.4, 0.5) is 9.18 Å². The third kappa shape index (κ3) is 6.02. The molecule has 4 nitrogen and oxygen atoms in total. The molecule has 1 unspecified atom stereocenters. The fourth-order valence-electron chi connectivity index (χ4n) is 1.74. The van der Waals surface area contributed by atoms with Crippen LogP contribution in [0.25, 0.3) is 0 Å². The molecule has 1 amide bonds. The van der Waals surface area contributed by atoms with Gasteiger partial charge < -0.3 is 15.8 Å². The normalized spacial score (nSPS) is 12.9. The standard InChI is InChI=1S/C15H23FN2O2/c1-10-5-6-12(16)7-11(10)8-13(17)9-18-14(19)20-15(2,3)4/h5-7,13H,8-9,17H2,1-4H3,(H,18,19). The Bertz CT molecular complexity index is 469. The first kappa shape index (κ1) is 16.4. The second kappa shape index (κ2) is 6.70. The molecule has 1 atom stereocenters. The number of aryl methyl sites for hydroxylation is 1. The molecule has 1 aromatic rings. The zero-order valence-corrected chi connectivity index (χ0v) is 12.5. The van der Waals surface area contributed by atoms with E-state index in [2.05, 4.69) is 5.32 Å². The first-order valence-corrected chi connectivity index (χ1v) is 6.65. The second-order valence-corrected chi connectivity index (χ2v) is 5.92. The Labute approximate surface area is 119 Å². The van der Waals surface area contributed by atoms with Crippen molar-refractivity contribution in [2.75, 3.05) is 6.54 Å². The van der Waals surface area contributed by atoms with Crippen LogP contribution >= 0.6 is 0 Å². The van der Waals surface area contributed by atoms with Crippen LogP contribution in [0.1, 0.15) is 31.9 Å². The Balaban J connectivity index is 2.46. The van der Waals surface area contributed by atoms with Crippen molar-refractivity contribution < 1.29 is 13.9 Å². The van der Waals surface area contributed by atoms with E-state index in [4.69, 9.17) is 10.5 Å². The minimum Gasteiger partial charge on any atom is -0.444 e. The van der Waals surface area contributed by atoms with Crippen molar-refractivity contribution in [3.05, 3.63) is 35.1 Å². The predicted octanol–water partition coefficient (Wildman–Crippen LogP) is 2.53. The quantitative estimate of drug-likeness (QED) is 0.892. The molecule has 0 aliphatic heterocycles. The monoisotopic (exact) mass is 282 g/mol. The van der Waals surface area contributed by atoms with Gasteiger partial charge in [-0.3, -0.25) is 0 Å². The summed E-state index contributed by atoms with van der Waals surface area (Å²) in [5.41, 5.74) is 7.25. The molecule has 1 rings (SSSR count). The summed E-state index contributed by atoms with van der Waals surface area (Å²) < 4.78 is 18.3. The first-order chi connectivity index (χ1) is 9.17. The minimum atomic E-state index is -0.534. The number of nitrogens with two attached hydrogens (primary N) is 1. The van der Waals surface area contributed by atoms with E-state index in [9.17, 15) is 9.18 Å². The molecular formula is C15H23FN2O2. The molecular weight excluding hydrogens is 259 g/mol. The van der Waals surface area contributed by atoms with Gasteiger partial charge in [0.15, 0.2) is 0 Å². The summed E-state index contributed by atoms with van der Waals surface area (Å²) in [4.78, 5) is 11.5. The summed E-state index contributed by atoms with van der Waals surface area (Å²) in [5.74, 6) is -0.280. The number of carbonyl (C=O) groups excluding carboxylic acids is 1. The molecule has 0 saturated carbocycles. The molecule has 1 aromatic carbocycles. The maximum atomic E-state index is 13.2. The summed E-state index contributed by atoms with van der Waals surface area (Å²) in [6.45, 7) is 7.57. The number of carbonyl (C=O) groups is 1. The fourth-order valence-corrected chi connectivity index (χ4v) is 1.74. The SMILES string of the molecule is Cc1ccc(F)cc1CC(N)CNC(=O)OC(C)(C)C. The van der Waals surface area contributed by atoms with Crippen molar-refractivity contribution in [3.63, 3.8) is 0 Å². The summed E-state index contributed by atoms with van der Waals surface area (Å²) in [5, 5.41) is 2.61. The summed E-state index contributed by atoms with van der Waals surface area (Å²) in [7, 11) is 0. The molecule has 0 heterocycles. The van der Waals surface area contributed by atoms with Gasteiger partial charge in [-0.15, -0.1) is 0 Å². The highest BCUT2D eigenvalue weighted by molar-refractivity contribution is 5.67. The number of hydrogen-bond donors (Lipinski definition) is 2. The van der Waals surface area contributed by atoms with Gasteiger partial charge in [0.2, 0.25) is 0 Å². The number of ether oxygens (including phenoxy) is 1. The van der Waals surface area contributed by atoms with Gasteiger partial charge in [-0.25, -0.2) is 9.18 Å². The van der Waals surface area contributed by atoms with Crippen molar-refractivity contribution in [2.45, 2.75) is 45.8 Å². The van der Waals surface area contributed by atoms with Gasteiger partial charge in [0.05, 0.1) is 0 Å². The lowest BCUT2D eigenvalue weighted by Gasteiger charge is -2.21. The van der Waals surface area contributed by atoms with Gasteiger partial charge in [0.1, 0.15) is 11.4 Å². The van der Waals surface area contributed by atoms with Gasteiger partial charge >= 0.3 is 6.09 Å². The lowest BCUT2D eigenvalue weighted by molar-refractivity contribution is 0.0524. The number of hydrogen-bond acceptors (Lipinski definition) is 3. The lowest BCUT2D eigenvalue weighted by atomic mass is 10.0. The van der Waals surface area contributed by atoms with E-state index < -0.39 is 11.7 Å². The molecule has 112 valence electrons. The maximum Gasteiger partial charge on any atom is 0.407 e. The highest BCUT2D eigenvalue weighted by atomic mass is 19.1. The molecule has 0 aliphatic carbocycles. The van der Waals surface area contributed by atoms with Crippen LogP contribution < -0.4 is 11.1 Å². The van der Waals surface area contributed by atoms with Crippen LogP contribution in [-0.2, 0) is 11.2 Å². The van der Waals surface area contributed by atoms with Gasteiger partial charge in [0, 0.05) is 12.6 Å². The second-order valence-electron chi connectivity index (χ2n) is 5.92. The van der Waals surface area contributed by atoms with E-state index >= 15 is 0 Å².